The monoisotopic (exact) mass is 526 g/mol. The van der Waals surface area contributed by atoms with Gasteiger partial charge in [-0.25, -0.2) is 4.79 Å². The van der Waals surface area contributed by atoms with Crippen molar-refractivity contribution in [3.8, 4) is 0 Å². The maximum atomic E-state index is 12.8. The number of carbonyl (C=O) groups is 3. The van der Waals surface area contributed by atoms with Crippen LogP contribution in [0.25, 0.3) is 0 Å². The lowest BCUT2D eigenvalue weighted by Gasteiger charge is -2.21. The first-order chi connectivity index (χ1) is 17.6. The van der Waals surface area contributed by atoms with Gasteiger partial charge >= 0.3 is 5.97 Å². The quantitative estimate of drug-likeness (QED) is 0.175. The van der Waals surface area contributed by atoms with Crippen LogP contribution < -0.4 is 10.6 Å². The fourth-order valence-electron chi connectivity index (χ4n) is 3.41. The molecule has 1 aromatic heterocycles. The molecule has 0 unspecified atom stereocenters. The zero-order valence-electron chi connectivity index (χ0n) is 20.6. The van der Waals surface area contributed by atoms with Crippen LogP contribution in [0.5, 0.6) is 0 Å². The molecule has 2 N–H and O–H groups in total. The summed E-state index contributed by atoms with van der Waals surface area (Å²) in [6.45, 7) is 3.80. The predicted molar refractivity (Wildman–Crippen MR) is 136 cm³/mol. The number of anilines is 1. The summed E-state index contributed by atoms with van der Waals surface area (Å²) in [6, 6.07) is 11.3. The Morgan fingerprint density at radius 3 is 2.49 bits per heavy atom. The Bertz CT molecular complexity index is 1320. The van der Waals surface area contributed by atoms with Crippen molar-refractivity contribution in [2.75, 3.05) is 18.2 Å². The number of thioether (sulfide) groups is 1. The van der Waals surface area contributed by atoms with E-state index in [-0.39, 0.29) is 28.8 Å². The second kappa shape index (κ2) is 12.1. The SMILES string of the molecule is COC(=O)c1cccc(NC(=O)CSc2nnc([C@@H](NC(=O)c3cccc([N+](=O)[O-])c3)C(C)C)n2C)c1. The number of nitro groups is 1. The van der Waals surface area contributed by atoms with Crippen LogP contribution in [0.1, 0.15) is 46.4 Å². The average molecular weight is 527 g/mol. The van der Waals surface area contributed by atoms with Gasteiger partial charge in [0.25, 0.3) is 11.6 Å². The van der Waals surface area contributed by atoms with Gasteiger partial charge in [0.15, 0.2) is 11.0 Å². The van der Waals surface area contributed by atoms with Crippen LogP contribution in [-0.2, 0) is 16.6 Å². The van der Waals surface area contributed by atoms with Gasteiger partial charge in [0.2, 0.25) is 5.91 Å². The van der Waals surface area contributed by atoms with Crippen molar-refractivity contribution in [3.05, 3.63) is 75.6 Å². The first-order valence-electron chi connectivity index (χ1n) is 11.2. The molecule has 0 aliphatic rings. The van der Waals surface area contributed by atoms with Crippen LogP contribution in [0.4, 0.5) is 11.4 Å². The Morgan fingerprint density at radius 1 is 1.11 bits per heavy atom. The third kappa shape index (κ3) is 6.91. The molecule has 0 fully saturated rings. The number of nitrogens with one attached hydrogen (secondary N) is 2. The molecule has 194 valence electrons. The first-order valence-corrected chi connectivity index (χ1v) is 12.1. The lowest BCUT2D eigenvalue weighted by molar-refractivity contribution is -0.384. The number of aromatic nitrogens is 3. The van der Waals surface area contributed by atoms with E-state index in [0.29, 0.717) is 22.2 Å². The molecular weight excluding hydrogens is 500 g/mol. The summed E-state index contributed by atoms with van der Waals surface area (Å²) in [5.41, 5.74) is 0.750. The fraction of sp³-hybridized carbons (Fsp3) is 0.292. The number of nitrogens with zero attached hydrogens (tertiary/aromatic N) is 4. The molecule has 2 aromatic carbocycles. The van der Waals surface area contributed by atoms with Crippen LogP contribution in [0.15, 0.2) is 53.7 Å². The lowest BCUT2D eigenvalue weighted by Crippen LogP contribution is -2.33. The second-order valence-electron chi connectivity index (χ2n) is 8.31. The number of ether oxygens (including phenoxy) is 1. The molecule has 1 heterocycles. The molecule has 0 saturated heterocycles. The smallest absolute Gasteiger partial charge is 0.337 e. The van der Waals surface area contributed by atoms with Gasteiger partial charge in [0.05, 0.1) is 29.4 Å². The highest BCUT2D eigenvalue weighted by Gasteiger charge is 2.26. The number of hydrogen-bond acceptors (Lipinski definition) is 9. The predicted octanol–water partition coefficient (Wildman–Crippen LogP) is 3.37. The molecule has 0 spiro atoms. The summed E-state index contributed by atoms with van der Waals surface area (Å²) >= 11 is 1.16. The molecule has 3 aromatic rings. The molecule has 0 aliphatic carbocycles. The highest BCUT2D eigenvalue weighted by Crippen LogP contribution is 2.25. The number of non-ortho nitro benzene ring substituents is 1. The first kappa shape index (κ1) is 27.3. The van der Waals surface area contributed by atoms with E-state index in [0.717, 1.165) is 11.8 Å². The lowest BCUT2D eigenvalue weighted by atomic mass is 10.0. The fourth-order valence-corrected chi connectivity index (χ4v) is 4.12. The van der Waals surface area contributed by atoms with Gasteiger partial charge in [-0.05, 0) is 30.2 Å². The third-order valence-corrected chi connectivity index (χ3v) is 6.34. The van der Waals surface area contributed by atoms with Crippen LogP contribution in [0.3, 0.4) is 0 Å². The van der Waals surface area contributed by atoms with Crippen LogP contribution >= 0.6 is 11.8 Å². The minimum absolute atomic E-state index is 0.0286. The van der Waals surface area contributed by atoms with Gasteiger partial charge in [0.1, 0.15) is 0 Å². The minimum Gasteiger partial charge on any atom is -0.465 e. The number of benzene rings is 2. The van der Waals surface area contributed by atoms with E-state index in [4.69, 9.17) is 0 Å². The van der Waals surface area contributed by atoms with Gasteiger partial charge in [-0.1, -0.05) is 37.7 Å². The summed E-state index contributed by atoms with van der Waals surface area (Å²) in [4.78, 5) is 47.5. The maximum absolute atomic E-state index is 12.8. The normalized spacial score (nSPS) is 11.6. The maximum Gasteiger partial charge on any atom is 0.337 e. The molecule has 3 rings (SSSR count). The Balaban J connectivity index is 1.67. The second-order valence-corrected chi connectivity index (χ2v) is 9.25. The van der Waals surface area contributed by atoms with Gasteiger partial charge < -0.3 is 19.9 Å². The number of rotatable bonds is 10. The van der Waals surface area contributed by atoms with Gasteiger partial charge in [-0.15, -0.1) is 10.2 Å². The molecular formula is C24H26N6O6S. The highest BCUT2D eigenvalue weighted by atomic mass is 32.2. The molecule has 0 radical (unpaired) electrons. The number of hydrogen-bond donors (Lipinski definition) is 2. The Kier molecular flexibility index (Phi) is 8.95. The van der Waals surface area contributed by atoms with E-state index >= 15 is 0 Å². The Hall–Kier alpha value is -4.26. The number of amides is 2. The molecule has 0 aliphatic heterocycles. The molecule has 0 bridgehead atoms. The van der Waals surface area contributed by atoms with Crippen molar-refractivity contribution < 1.29 is 24.0 Å². The third-order valence-electron chi connectivity index (χ3n) is 5.32. The van der Waals surface area contributed by atoms with Gasteiger partial charge in [-0.3, -0.25) is 19.7 Å². The molecule has 37 heavy (non-hydrogen) atoms. The van der Waals surface area contributed by atoms with E-state index in [1.165, 1.54) is 37.4 Å². The van der Waals surface area contributed by atoms with Crippen LogP contribution in [0, 0.1) is 16.0 Å². The molecule has 13 heteroatoms. The van der Waals surface area contributed by atoms with Crippen molar-refractivity contribution >= 4 is 40.9 Å². The Morgan fingerprint density at radius 2 is 1.81 bits per heavy atom. The number of methoxy groups -OCH3 is 1. The zero-order chi connectivity index (χ0) is 27.1. The average Bonchev–Trinajstić information content (AvgIpc) is 3.25. The van der Waals surface area contributed by atoms with Crippen LogP contribution in [-0.4, -0.2) is 50.3 Å². The molecule has 0 saturated carbocycles. The highest BCUT2D eigenvalue weighted by molar-refractivity contribution is 7.99. The molecule has 1 atom stereocenters. The number of nitro benzene ring substituents is 1. The number of esters is 1. The van der Waals surface area contributed by atoms with E-state index < -0.39 is 22.8 Å². The topological polar surface area (TPSA) is 158 Å². The largest absolute Gasteiger partial charge is 0.465 e. The Labute approximate surface area is 216 Å². The molecule has 2 amide bonds. The van der Waals surface area contributed by atoms with Crippen molar-refractivity contribution in [2.45, 2.75) is 25.0 Å². The van der Waals surface area contributed by atoms with E-state index in [9.17, 15) is 24.5 Å². The van der Waals surface area contributed by atoms with Crippen molar-refractivity contribution in [1.82, 2.24) is 20.1 Å². The van der Waals surface area contributed by atoms with Crippen molar-refractivity contribution in [1.29, 1.82) is 0 Å². The van der Waals surface area contributed by atoms with E-state index in [1.54, 1.807) is 29.8 Å². The summed E-state index contributed by atoms with van der Waals surface area (Å²) in [7, 11) is 3.01. The van der Waals surface area contributed by atoms with Crippen LogP contribution in [0.2, 0.25) is 0 Å². The number of carbonyl (C=O) groups excluding carboxylic acids is 3. The summed E-state index contributed by atoms with van der Waals surface area (Å²) < 4.78 is 6.38. The van der Waals surface area contributed by atoms with E-state index in [1.807, 2.05) is 13.8 Å². The van der Waals surface area contributed by atoms with Crippen molar-refractivity contribution in [3.63, 3.8) is 0 Å². The summed E-state index contributed by atoms with van der Waals surface area (Å²) in [5.74, 6) is -0.865. The van der Waals surface area contributed by atoms with Crippen molar-refractivity contribution in [2.24, 2.45) is 13.0 Å². The zero-order valence-corrected chi connectivity index (χ0v) is 21.4. The standard InChI is InChI=1S/C24H26N6O6S/c1-14(2)20(26-22(32)15-7-6-10-18(12-15)30(34)35)21-27-28-24(29(21)3)37-13-19(31)25-17-9-5-8-16(11-17)23(33)36-4/h5-12,14,20H,13H2,1-4H3,(H,25,31)(H,26,32)/t20-/m0/s1. The summed E-state index contributed by atoms with van der Waals surface area (Å²) in [6.07, 6.45) is 0. The minimum atomic E-state index is -0.561. The van der Waals surface area contributed by atoms with Gasteiger partial charge in [-0.2, -0.15) is 0 Å². The van der Waals surface area contributed by atoms with Gasteiger partial charge in [0, 0.05) is 30.4 Å². The molecule has 12 nitrogen and oxygen atoms in total. The summed E-state index contributed by atoms with van der Waals surface area (Å²) in [5, 5.41) is 25.5. The van der Waals surface area contributed by atoms with E-state index in [2.05, 4.69) is 25.6 Å².